The van der Waals surface area contributed by atoms with Crippen molar-refractivity contribution in [2.24, 2.45) is 5.10 Å². The smallest absolute Gasteiger partial charge is 0.343 e. The number of hydrogen-bond acceptors (Lipinski definition) is 4. The van der Waals surface area contributed by atoms with Gasteiger partial charge in [-0.3, -0.25) is 4.79 Å². The number of benzene rings is 4. The number of nitrogens with zero attached hydrogens (tertiary/aromatic N) is 1. The zero-order valence-electron chi connectivity index (χ0n) is 20.5. The molecular formula is C30H20Cl3N3O3. The van der Waals surface area contributed by atoms with E-state index in [2.05, 4.69) is 15.5 Å². The normalized spacial score (nSPS) is 11.2. The van der Waals surface area contributed by atoms with Crippen molar-refractivity contribution in [2.75, 3.05) is 0 Å². The molecule has 5 rings (SSSR count). The molecule has 0 spiro atoms. The molecule has 0 aliphatic heterocycles. The van der Waals surface area contributed by atoms with Crippen LogP contribution in [0.25, 0.3) is 22.0 Å². The number of carbonyl (C=O) groups is 2. The number of aryl methyl sites for hydroxylation is 1. The van der Waals surface area contributed by atoms with Crippen molar-refractivity contribution in [3.8, 4) is 16.9 Å². The number of ether oxygens (including phenoxy) is 1. The van der Waals surface area contributed by atoms with Crippen LogP contribution in [-0.2, 0) is 0 Å². The summed E-state index contributed by atoms with van der Waals surface area (Å²) in [6.45, 7) is 1.90. The summed E-state index contributed by atoms with van der Waals surface area (Å²) in [6.07, 6.45) is 1.40. The largest absolute Gasteiger partial charge is 0.422 e. The number of hydrazone groups is 1. The molecule has 1 heterocycles. The summed E-state index contributed by atoms with van der Waals surface area (Å²) in [5, 5.41) is 5.96. The van der Waals surface area contributed by atoms with Gasteiger partial charge in [-0.25, -0.2) is 10.2 Å². The molecule has 0 unspecified atom stereocenters. The zero-order valence-corrected chi connectivity index (χ0v) is 22.7. The molecule has 0 bridgehead atoms. The lowest BCUT2D eigenvalue weighted by Gasteiger charge is -2.08. The highest BCUT2D eigenvalue weighted by Crippen LogP contribution is 2.41. The third-order valence-electron chi connectivity index (χ3n) is 5.93. The Labute approximate surface area is 239 Å². The second kappa shape index (κ2) is 11.3. The lowest BCUT2D eigenvalue weighted by atomic mass is 10.0. The number of aromatic nitrogens is 1. The average molecular weight is 577 g/mol. The van der Waals surface area contributed by atoms with Crippen molar-refractivity contribution < 1.29 is 14.3 Å². The minimum atomic E-state index is -0.529. The van der Waals surface area contributed by atoms with E-state index in [-0.39, 0.29) is 5.69 Å². The van der Waals surface area contributed by atoms with Gasteiger partial charge >= 0.3 is 5.97 Å². The van der Waals surface area contributed by atoms with Crippen molar-refractivity contribution in [3.63, 3.8) is 0 Å². The van der Waals surface area contributed by atoms with Crippen LogP contribution in [0.5, 0.6) is 5.75 Å². The van der Waals surface area contributed by atoms with Gasteiger partial charge in [-0.2, -0.15) is 5.10 Å². The van der Waals surface area contributed by atoms with Crippen molar-refractivity contribution in [1.82, 2.24) is 10.4 Å². The fourth-order valence-corrected chi connectivity index (χ4v) is 5.00. The standard InChI is InChI=1S/C30H20Cl3N3O3/c1-17-7-6-9-18(13-17)30(38)39-25-12-5-2-8-19(25)16-34-36-29(37)28-26(21-10-3-4-11-22(21)32)27-23(33)14-20(31)15-24(27)35-28/h2-16,35H,1H3,(H,36,37). The minimum absolute atomic E-state index is 0.207. The van der Waals surface area contributed by atoms with Gasteiger partial charge in [0.15, 0.2) is 0 Å². The number of rotatable bonds is 6. The van der Waals surface area contributed by atoms with E-state index >= 15 is 0 Å². The highest BCUT2D eigenvalue weighted by molar-refractivity contribution is 6.41. The summed E-state index contributed by atoms with van der Waals surface area (Å²) < 4.78 is 5.59. The Morgan fingerprint density at radius 3 is 2.46 bits per heavy atom. The number of hydrogen-bond donors (Lipinski definition) is 2. The van der Waals surface area contributed by atoms with Crippen LogP contribution < -0.4 is 10.2 Å². The average Bonchev–Trinajstić information content (AvgIpc) is 3.29. The number of aromatic amines is 1. The number of halogens is 3. The third kappa shape index (κ3) is 5.68. The van der Waals surface area contributed by atoms with Crippen LogP contribution in [0.15, 0.2) is 90.0 Å². The molecule has 4 aromatic carbocycles. The van der Waals surface area contributed by atoms with Crippen molar-refractivity contribution in [3.05, 3.63) is 122 Å². The van der Waals surface area contributed by atoms with Crippen LogP contribution in [-0.4, -0.2) is 23.1 Å². The highest BCUT2D eigenvalue weighted by Gasteiger charge is 2.23. The Morgan fingerprint density at radius 2 is 1.67 bits per heavy atom. The second-order valence-corrected chi connectivity index (χ2v) is 9.91. The number of carbonyl (C=O) groups excluding carboxylic acids is 2. The maximum absolute atomic E-state index is 13.3. The van der Waals surface area contributed by atoms with E-state index in [4.69, 9.17) is 39.5 Å². The molecule has 39 heavy (non-hydrogen) atoms. The molecule has 0 fully saturated rings. The maximum Gasteiger partial charge on any atom is 0.343 e. The van der Waals surface area contributed by atoms with Gasteiger partial charge in [-0.05, 0) is 49.4 Å². The Morgan fingerprint density at radius 1 is 0.897 bits per heavy atom. The highest BCUT2D eigenvalue weighted by atomic mass is 35.5. The van der Waals surface area contributed by atoms with Gasteiger partial charge < -0.3 is 9.72 Å². The van der Waals surface area contributed by atoms with Gasteiger partial charge in [0.2, 0.25) is 0 Å². The predicted octanol–water partition coefficient (Wildman–Crippen LogP) is 8.09. The quantitative estimate of drug-likeness (QED) is 0.0927. The summed E-state index contributed by atoms with van der Waals surface area (Å²) in [6, 6.07) is 24.4. The lowest BCUT2D eigenvalue weighted by Crippen LogP contribution is -2.19. The molecule has 2 N–H and O–H groups in total. The van der Waals surface area contributed by atoms with E-state index in [1.807, 2.05) is 19.1 Å². The number of H-pyrrole nitrogens is 1. The maximum atomic E-state index is 13.3. The fraction of sp³-hybridized carbons (Fsp3) is 0.0333. The number of amides is 1. The molecule has 1 aromatic heterocycles. The van der Waals surface area contributed by atoms with Crippen molar-refractivity contribution in [1.29, 1.82) is 0 Å². The molecule has 9 heteroatoms. The Bertz CT molecular complexity index is 1760. The Balaban J connectivity index is 1.43. The molecule has 0 saturated carbocycles. The van der Waals surface area contributed by atoms with Crippen LogP contribution in [0.1, 0.15) is 32.0 Å². The van der Waals surface area contributed by atoms with Gasteiger partial charge in [-0.15, -0.1) is 0 Å². The summed E-state index contributed by atoms with van der Waals surface area (Å²) in [4.78, 5) is 29.1. The fourth-order valence-electron chi connectivity index (χ4n) is 4.18. The van der Waals surface area contributed by atoms with E-state index < -0.39 is 11.9 Å². The molecule has 5 aromatic rings. The van der Waals surface area contributed by atoms with Gasteiger partial charge in [0.1, 0.15) is 11.4 Å². The summed E-state index contributed by atoms with van der Waals surface area (Å²) in [5.41, 5.74) is 6.33. The number of nitrogens with one attached hydrogen (secondary N) is 2. The molecule has 0 saturated heterocycles. The first-order chi connectivity index (χ1) is 18.8. The van der Waals surface area contributed by atoms with Gasteiger partial charge in [-0.1, -0.05) is 82.8 Å². The van der Waals surface area contributed by atoms with Crippen LogP contribution >= 0.6 is 34.8 Å². The lowest BCUT2D eigenvalue weighted by molar-refractivity contribution is 0.0734. The molecule has 194 valence electrons. The predicted molar refractivity (Wildman–Crippen MR) is 156 cm³/mol. The summed E-state index contributed by atoms with van der Waals surface area (Å²) >= 11 is 19.2. The van der Waals surface area contributed by atoms with Gasteiger partial charge in [0, 0.05) is 37.6 Å². The summed E-state index contributed by atoms with van der Waals surface area (Å²) in [7, 11) is 0. The monoisotopic (exact) mass is 575 g/mol. The second-order valence-electron chi connectivity index (χ2n) is 8.66. The third-order valence-corrected chi connectivity index (χ3v) is 6.78. The topological polar surface area (TPSA) is 83.5 Å². The van der Waals surface area contributed by atoms with E-state index in [0.717, 1.165) is 5.56 Å². The number of fused-ring (bicyclic) bond motifs is 1. The first-order valence-corrected chi connectivity index (χ1v) is 12.9. The van der Waals surface area contributed by atoms with E-state index in [1.165, 1.54) is 6.21 Å². The van der Waals surface area contributed by atoms with Gasteiger partial charge in [0.05, 0.1) is 16.8 Å². The molecule has 6 nitrogen and oxygen atoms in total. The van der Waals surface area contributed by atoms with E-state index in [1.54, 1.807) is 72.8 Å². The molecule has 0 atom stereocenters. The molecular weight excluding hydrogens is 557 g/mol. The van der Waals surface area contributed by atoms with Crippen LogP contribution in [0.3, 0.4) is 0 Å². The van der Waals surface area contributed by atoms with Gasteiger partial charge in [0.25, 0.3) is 5.91 Å². The van der Waals surface area contributed by atoms with Crippen LogP contribution in [0.4, 0.5) is 0 Å². The van der Waals surface area contributed by atoms with Crippen molar-refractivity contribution >= 4 is 63.8 Å². The molecule has 0 aliphatic carbocycles. The van der Waals surface area contributed by atoms with Crippen LogP contribution in [0, 0.1) is 6.92 Å². The Hall–Kier alpha value is -4.10. The molecule has 0 radical (unpaired) electrons. The molecule has 1 amide bonds. The molecule has 0 aliphatic rings. The SMILES string of the molecule is Cc1cccc(C(=O)Oc2ccccc2C=NNC(=O)c2[nH]c3cc(Cl)cc(Cl)c3c2-c2ccccc2Cl)c1. The van der Waals surface area contributed by atoms with E-state index in [0.29, 0.717) is 54.0 Å². The van der Waals surface area contributed by atoms with Crippen molar-refractivity contribution in [2.45, 2.75) is 6.92 Å². The van der Waals surface area contributed by atoms with E-state index in [9.17, 15) is 9.59 Å². The number of para-hydroxylation sites is 1. The Kier molecular flexibility index (Phi) is 7.70. The number of esters is 1. The van der Waals surface area contributed by atoms with Crippen LogP contribution in [0.2, 0.25) is 15.1 Å². The minimum Gasteiger partial charge on any atom is -0.422 e. The first-order valence-electron chi connectivity index (χ1n) is 11.8. The zero-order chi connectivity index (χ0) is 27.5. The first kappa shape index (κ1) is 26.5. The summed E-state index contributed by atoms with van der Waals surface area (Å²) in [5.74, 6) is -0.730.